The first-order valence-electron chi connectivity index (χ1n) is 11.3. The molecular formula is C24H27ClN4O3S2. The molecule has 0 amide bonds. The Morgan fingerprint density at radius 3 is 2.71 bits per heavy atom. The van der Waals surface area contributed by atoms with Crippen LogP contribution in [0.5, 0.6) is 5.75 Å². The van der Waals surface area contributed by atoms with E-state index in [1.807, 2.05) is 18.2 Å². The molecule has 1 aromatic heterocycles. The van der Waals surface area contributed by atoms with Crippen molar-refractivity contribution in [2.24, 2.45) is 0 Å². The van der Waals surface area contributed by atoms with Gasteiger partial charge in [-0.1, -0.05) is 47.6 Å². The number of benzene rings is 2. The third-order valence-electron chi connectivity index (χ3n) is 6.82. The van der Waals surface area contributed by atoms with Crippen molar-refractivity contribution in [3.63, 3.8) is 0 Å². The molecule has 1 fully saturated rings. The number of rotatable bonds is 8. The molecule has 2 aromatic carbocycles. The molecule has 1 atom stereocenters. The van der Waals surface area contributed by atoms with Gasteiger partial charge in [0.25, 0.3) is 10.0 Å². The summed E-state index contributed by atoms with van der Waals surface area (Å²) in [6.07, 6.45) is 5.69. The van der Waals surface area contributed by atoms with E-state index in [2.05, 4.69) is 39.3 Å². The number of nitrogen functional groups attached to an aromatic ring is 1. The molecule has 0 spiro atoms. The van der Waals surface area contributed by atoms with Crippen LogP contribution >= 0.6 is 22.9 Å². The van der Waals surface area contributed by atoms with Crippen molar-refractivity contribution in [3.05, 3.63) is 70.4 Å². The van der Waals surface area contributed by atoms with Gasteiger partial charge >= 0.3 is 0 Å². The van der Waals surface area contributed by atoms with Crippen LogP contribution in [0.3, 0.4) is 0 Å². The molecule has 0 radical (unpaired) electrons. The summed E-state index contributed by atoms with van der Waals surface area (Å²) in [4.78, 5) is 3.80. The zero-order chi connectivity index (χ0) is 23.8. The fraction of sp³-hybridized carbons (Fsp3) is 0.375. The van der Waals surface area contributed by atoms with Gasteiger partial charge in [-0.15, -0.1) is 0 Å². The SMILES string of the molecule is Nc1ncc(S(=O)(=O)NCCOc2ccc3c(c2)C(C2(c4ccc(Cl)cc4)CCC2)NCC3)s1. The molecule has 4 N–H and O–H groups in total. The molecule has 5 rings (SSSR count). The monoisotopic (exact) mass is 518 g/mol. The molecule has 1 aliphatic heterocycles. The molecule has 180 valence electrons. The summed E-state index contributed by atoms with van der Waals surface area (Å²) in [5.41, 5.74) is 9.50. The lowest BCUT2D eigenvalue weighted by atomic mass is 9.58. The number of sulfonamides is 1. The predicted octanol–water partition coefficient (Wildman–Crippen LogP) is 4.04. The van der Waals surface area contributed by atoms with Crippen molar-refractivity contribution in [2.75, 3.05) is 25.4 Å². The Bertz CT molecular complexity index is 1270. The van der Waals surface area contributed by atoms with Gasteiger partial charge in [0.2, 0.25) is 0 Å². The Balaban J connectivity index is 1.30. The van der Waals surface area contributed by atoms with Gasteiger partial charge in [0.05, 0.1) is 6.20 Å². The quantitative estimate of drug-likeness (QED) is 0.388. The zero-order valence-electron chi connectivity index (χ0n) is 18.6. The first-order chi connectivity index (χ1) is 16.4. The topological polar surface area (TPSA) is 106 Å². The van der Waals surface area contributed by atoms with Gasteiger partial charge in [0.15, 0.2) is 9.34 Å². The number of nitrogens with two attached hydrogens (primary N) is 1. The largest absolute Gasteiger partial charge is 0.492 e. The second kappa shape index (κ2) is 9.47. The van der Waals surface area contributed by atoms with Crippen molar-refractivity contribution in [2.45, 2.75) is 41.3 Å². The van der Waals surface area contributed by atoms with Crippen molar-refractivity contribution in [1.82, 2.24) is 15.0 Å². The van der Waals surface area contributed by atoms with Crippen LogP contribution in [0.15, 0.2) is 52.9 Å². The van der Waals surface area contributed by atoms with E-state index >= 15 is 0 Å². The lowest BCUT2D eigenvalue weighted by Crippen LogP contribution is -2.49. The normalized spacial score (nSPS) is 19.3. The maximum atomic E-state index is 12.3. The summed E-state index contributed by atoms with van der Waals surface area (Å²) in [6.45, 7) is 1.30. The van der Waals surface area contributed by atoms with Gasteiger partial charge in [0.1, 0.15) is 12.4 Å². The van der Waals surface area contributed by atoms with Crippen molar-refractivity contribution in [3.8, 4) is 5.75 Å². The van der Waals surface area contributed by atoms with E-state index < -0.39 is 10.0 Å². The average Bonchev–Trinajstić information content (AvgIpc) is 3.25. The fourth-order valence-corrected chi connectivity index (χ4v) is 7.11. The summed E-state index contributed by atoms with van der Waals surface area (Å²) in [6, 6.07) is 14.7. The molecule has 34 heavy (non-hydrogen) atoms. The van der Waals surface area contributed by atoms with Crippen LogP contribution in [0, 0.1) is 0 Å². The number of fused-ring (bicyclic) bond motifs is 1. The van der Waals surface area contributed by atoms with Gasteiger partial charge in [-0.25, -0.2) is 18.1 Å². The number of thiazole rings is 1. The lowest BCUT2D eigenvalue weighted by Gasteiger charge is -2.50. The van der Waals surface area contributed by atoms with Crippen molar-refractivity contribution < 1.29 is 13.2 Å². The first-order valence-corrected chi connectivity index (χ1v) is 14.0. The minimum atomic E-state index is -3.64. The number of aromatic nitrogens is 1. The zero-order valence-corrected chi connectivity index (χ0v) is 21.0. The van der Waals surface area contributed by atoms with E-state index in [0.717, 1.165) is 47.9 Å². The van der Waals surface area contributed by atoms with Gasteiger partial charge in [-0.05, 0) is 66.8 Å². The highest BCUT2D eigenvalue weighted by molar-refractivity contribution is 7.91. The van der Waals surface area contributed by atoms with Crippen LogP contribution in [0.2, 0.25) is 5.02 Å². The summed E-state index contributed by atoms with van der Waals surface area (Å²) in [7, 11) is -3.64. The second-order valence-electron chi connectivity index (χ2n) is 8.78. The molecule has 1 saturated carbocycles. The Kier molecular flexibility index (Phi) is 6.56. The van der Waals surface area contributed by atoms with E-state index in [0.29, 0.717) is 0 Å². The number of anilines is 1. The van der Waals surface area contributed by atoms with Crippen LogP contribution in [-0.4, -0.2) is 33.1 Å². The van der Waals surface area contributed by atoms with E-state index in [1.165, 1.54) is 29.3 Å². The Hall–Kier alpha value is -2.17. The molecule has 1 unspecified atom stereocenters. The minimum Gasteiger partial charge on any atom is -0.492 e. The van der Waals surface area contributed by atoms with E-state index in [9.17, 15) is 8.42 Å². The molecule has 2 aliphatic rings. The van der Waals surface area contributed by atoms with Gasteiger partial charge in [0, 0.05) is 23.0 Å². The smallest absolute Gasteiger partial charge is 0.251 e. The van der Waals surface area contributed by atoms with Crippen LogP contribution in [0.25, 0.3) is 0 Å². The average molecular weight is 519 g/mol. The highest BCUT2D eigenvalue weighted by atomic mass is 35.5. The molecule has 0 bridgehead atoms. The maximum absolute atomic E-state index is 12.3. The van der Waals surface area contributed by atoms with Crippen molar-refractivity contribution in [1.29, 1.82) is 0 Å². The molecule has 7 nitrogen and oxygen atoms in total. The summed E-state index contributed by atoms with van der Waals surface area (Å²) >= 11 is 7.09. The van der Waals surface area contributed by atoms with E-state index in [4.69, 9.17) is 22.1 Å². The fourth-order valence-electron chi connectivity index (χ4n) is 5.01. The van der Waals surface area contributed by atoms with Gasteiger partial charge in [-0.2, -0.15) is 0 Å². The van der Waals surface area contributed by atoms with Crippen molar-refractivity contribution >= 4 is 38.1 Å². The number of hydrogen-bond acceptors (Lipinski definition) is 7. The van der Waals surface area contributed by atoms with Gasteiger partial charge in [-0.3, -0.25) is 0 Å². The predicted molar refractivity (Wildman–Crippen MR) is 135 cm³/mol. The summed E-state index contributed by atoms with van der Waals surface area (Å²) in [5.74, 6) is 0.735. The van der Waals surface area contributed by atoms with E-state index in [1.54, 1.807) is 0 Å². The van der Waals surface area contributed by atoms with Crippen LogP contribution < -0.4 is 20.5 Å². The summed E-state index contributed by atoms with van der Waals surface area (Å²) < 4.78 is 33.2. The second-order valence-corrected chi connectivity index (χ2v) is 12.3. The number of nitrogens with one attached hydrogen (secondary N) is 2. The molecule has 1 aliphatic carbocycles. The third-order valence-corrected chi connectivity index (χ3v) is 9.82. The standard InChI is InChI=1S/C24H27ClN4O3S2/c25-18-5-3-17(4-6-18)24(9-1-10-24)22-20-14-19(7-2-16(20)8-11-27-22)32-13-12-29-34(30,31)21-15-28-23(26)33-21/h2-7,14-15,22,27,29H,1,8-13H2,(H2,26,28). The molecular weight excluding hydrogens is 492 g/mol. The van der Waals surface area contributed by atoms with Crippen LogP contribution in [0.4, 0.5) is 5.13 Å². The highest BCUT2D eigenvalue weighted by Gasteiger charge is 2.47. The number of nitrogens with zero attached hydrogens (tertiary/aromatic N) is 1. The molecule has 0 saturated heterocycles. The third kappa shape index (κ3) is 4.55. The first kappa shape index (κ1) is 23.6. The molecule has 2 heterocycles. The number of ether oxygens (including phenoxy) is 1. The summed E-state index contributed by atoms with van der Waals surface area (Å²) in [5, 5.41) is 4.74. The van der Waals surface area contributed by atoms with Crippen LogP contribution in [-0.2, 0) is 21.9 Å². The van der Waals surface area contributed by atoms with Gasteiger partial charge < -0.3 is 15.8 Å². The molecule has 10 heteroatoms. The molecule has 3 aromatic rings. The van der Waals surface area contributed by atoms with Crippen LogP contribution in [0.1, 0.15) is 42.0 Å². The highest BCUT2D eigenvalue weighted by Crippen LogP contribution is 2.53. The Labute approximate surface area is 208 Å². The lowest BCUT2D eigenvalue weighted by molar-refractivity contribution is 0.164. The number of halogens is 1. The van der Waals surface area contributed by atoms with E-state index in [-0.39, 0.29) is 33.9 Å². The maximum Gasteiger partial charge on any atom is 0.251 e. The Morgan fingerprint density at radius 1 is 1.24 bits per heavy atom. The Morgan fingerprint density at radius 2 is 2.03 bits per heavy atom. The minimum absolute atomic E-state index is 0.0462. The number of hydrogen-bond donors (Lipinski definition) is 3.